The molecule has 2 atom stereocenters. The predicted molar refractivity (Wildman–Crippen MR) is 92.3 cm³/mol. The molecule has 2 unspecified atom stereocenters. The van der Waals surface area contributed by atoms with E-state index in [9.17, 15) is 0 Å². The predicted octanol–water partition coefficient (Wildman–Crippen LogP) is 1.53. The van der Waals surface area contributed by atoms with Crippen molar-refractivity contribution in [3.63, 3.8) is 0 Å². The van der Waals surface area contributed by atoms with E-state index >= 15 is 0 Å². The highest BCUT2D eigenvalue weighted by atomic mass is 35.5. The van der Waals surface area contributed by atoms with Crippen molar-refractivity contribution < 1.29 is 4.84 Å². The van der Waals surface area contributed by atoms with Crippen LogP contribution in [0.3, 0.4) is 0 Å². The lowest BCUT2D eigenvalue weighted by Crippen LogP contribution is -2.43. The first kappa shape index (κ1) is 19.2. The molecule has 1 aromatic carbocycles. The Bertz CT molecular complexity index is 371. The molecule has 0 aromatic heterocycles. The first-order chi connectivity index (χ1) is 8.81. The van der Waals surface area contributed by atoms with Crippen molar-refractivity contribution in [1.29, 1.82) is 0 Å². The fourth-order valence-corrected chi connectivity index (χ4v) is 2.40. The van der Waals surface area contributed by atoms with Crippen LogP contribution in [0, 0.1) is 5.92 Å². The maximum absolute atomic E-state index is 5.19. The topological polar surface area (TPSA) is 24.5 Å². The fourth-order valence-electron chi connectivity index (χ4n) is 2.40. The van der Waals surface area contributed by atoms with Crippen molar-refractivity contribution in [3.05, 3.63) is 48.7 Å². The number of nitrogens with one attached hydrogen (secondary N) is 1. The molecule has 0 amide bonds. The second kappa shape index (κ2) is 9.99. The molecule has 1 N–H and O–H groups in total. The summed E-state index contributed by atoms with van der Waals surface area (Å²) in [6.45, 7) is 8.85. The van der Waals surface area contributed by atoms with Gasteiger partial charge in [0.25, 0.3) is 0 Å². The zero-order valence-electron chi connectivity index (χ0n) is 11.4. The standard InChI is InChI=1S/C15H22N2O.ClH.H4Si/c1-3-17(12-14-7-5-4-6-8-14)13(2)15-9-10-18-16-11-15;;/h3-8,13,15-16H,1,9-12H2,2H3;1H;1H4. The van der Waals surface area contributed by atoms with Gasteiger partial charge in [0.2, 0.25) is 0 Å². The van der Waals surface area contributed by atoms with E-state index in [-0.39, 0.29) is 23.4 Å². The highest BCUT2D eigenvalue weighted by Gasteiger charge is 2.23. The molecule has 0 radical (unpaired) electrons. The summed E-state index contributed by atoms with van der Waals surface area (Å²) >= 11 is 0. The van der Waals surface area contributed by atoms with Gasteiger partial charge in [-0.1, -0.05) is 36.9 Å². The Labute approximate surface area is 132 Å². The van der Waals surface area contributed by atoms with Gasteiger partial charge in [-0.05, 0) is 42.0 Å². The van der Waals surface area contributed by atoms with Crippen LogP contribution >= 0.6 is 12.4 Å². The van der Waals surface area contributed by atoms with E-state index in [0.717, 1.165) is 26.1 Å². The number of halogens is 1. The Hall–Kier alpha value is -0.813. The van der Waals surface area contributed by atoms with Gasteiger partial charge >= 0.3 is 0 Å². The molecule has 0 saturated carbocycles. The molecule has 114 valence electrons. The van der Waals surface area contributed by atoms with Crippen LogP contribution in [0.4, 0.5) is 0 Å². The summed E-state index contributed by atoms with van der Waals surface area (Å²) in [4.78, 5) is 7.50. The van der Waals surface area contributed by atoms with Gasteiger partial charge < -0.3 is 9.74 Å². The molecule has 5 heteroatoms. The van der Waals surface area contributed by atoms with Gasteiger partial charge in [-0.2, -0.15) is 0 Å². The zero-order valence-corrected chi connectivity index (χ0v) is 12.2. The Morgan fingerprint density at radius 2 is 2.15 bits per heavy atom. The van der Waals surface area contributed by atoms with Crippen molar-refractivity contribution in [1.82, 2.24) is 10.4 Å². The van der Waals surface area contributed by atoms with Gasteiger partial charge in [0, 0.05) is 19.1 Å². The summed E-state index contributed by atoms with van der Waals surface area (Å²) in [6.07, 6.45) is 3.06. The molecule has 1 heterocycles. The molecule has 0 aliphatic carbocycles. The first-order valence-electron chi connectivity index (χ1n) is 6.58. The van der Waals surface area contributed by atoms with Crippen LogP contribution in [0.5, 0.6) is 0 Å². The normalized spacial score (nSPS) is 19.1. The number of hydroxylamine groups is 1. The van der Waals surface area contributed by atoms with Crippen LogP contribution in [0.15, 0.2) is 43.1 Å². The van der Waals surface area contributed by atoms with Crippen LogP contribution in [0.2, 0.25) is 0 Å². The summed E-state index contributed by atoms with van der Waals surface area (Å²) in [5.41, 5.74) is 4.32. The molecule has 20 heavy (non-hydrogen) atoms. The molecule has 1 aromatic rings. The van der Waals surface area contributed by atoms with Crippen molar-refractivity contribution in [3.8, 4) is 0 Å². The molecule has 0 bridgehead atoms. The van der Waals surface area contributed by atoms with Gasteiger partial charge in [-0.15, -0.1) is 12.4 Å². The Morgan fingerprint density at radius 1 is 1.45 bits per heavy atom. The van der Waals surface area contributed by atoms with Gasteiger partial charge in [0.15, 0.2) is 0 Å². The van der Waals surface area contributed by atoms with E-state index in [1.807, 2.05) is 12.3 Å². The van der Waals surface area contributed by atoms with Crippen LogP contribution in [-0.4, -0.2) is 35.1 Å². The van der Waals surface area contributed by atoms with E-state index in [0.29, 0.717) is 12.0 Å². The zero-order chi connectivity index (χ0) is 12.8. The maximum Gasteiger partial charge on any atom is 0.0686 e. The smallest absolute Gasteiger partial charge is 0.0686 e. The monoisotopic (exact) mass is 314 g/mol. The molecule has 1 fully saturated rings. The first-order valence-corrected chi connectivity index (χ1v) is 6.58. The maximum atomic E-state index is 5.19. The molecule has 3 nitrogen and oxygen atoms in total. The van der Waals surface area contributed by atoms with Crippen molar-refractivity contribution in [2.75, 3.05) is 13.2 Å². The molecule has 1 aliphatic rings. The lowest BCUT2D eigenvalue weighted by atomic mass is 9.95. The summed E-state index contributed by atoms with van der Waals surface area (Å²) in [5, 5.41) is 0. The third-order valence-corrected chi connectivity index (χ3v) is 3.69. The lowest BCUT2D eigenvalue weighted by Gasteiger charge is -2.36. The SMILES string of the molecule is C=CN(Cc1ccccc1)C(C)C1CCONC1.Cl.[SiH4]. The third kappa shape index (κ3) is 5.29. The van der Waals surface area contributed by atoms with Crippen LogP contribution < -0.4 is 5.48 Å². The molecule has 1 aliphatic heterocycles. The summed E-state index contributed by atoms with van der Waals surface area (Å²) < 4.78 is 0. The summed E-state index contributed by atoms with van der Waals surface area (Å²) in [5.74, 6) is 0.612. The number of nitrogens with zero attached hydrogens (tertiary/aromatic N) is 1. The van der Waals surface area contributed by atoms with Crippen LogP contribution in [0.1, 0.15) is 18.9 Å². The third-order valence-electron chi connectivity index (χ3n) is 3.69. The molecular weight excluding hydrogens is 288 g/mol. The Balaban J connectivity index is 0.00000180. The van der Waals surface area contributed by atoms with E-state index in [1.54, 1.807) is 0 Å². The summed E-state index contributed by atoms with van der Waals surface area (Å²) in [7, 11) is 0. The second-order valence-electron chi connectivity index (χ2n) is 4.83. The molecule has 2 rings (SSSR count). The minimum absolute atomic E-state index is 0. The highest BCUT2D eigenvalue weighted by molar-refractivity contribution is 5.85. The Morgan fingerprint density at radius 3 is 2.70 bits per heavy atom. The largest absolute Gasteiger partial charge is 0.371 e. The highest BCUT2D eigenvalue weighted by Crippen LogP contribution is 2.19. The Kier molecular flexibility index (Phi) is 9.59. The van der Waals surface area contributed by atoms with Gasteiger partial charge in [0.05, 0.1) is 6.61 Å². The second-order valence-corrected chi connectivity index (χ2v) is 4.83. The van der Waals surface area contributed by atoms with Gasteiger partial charge in [0.1, 0.15) is 0 Å². The minimum Gasteiger partial charge on any atom is -0.371 e. The van der Waals surface area contributed by atoms with E-state index in [4.69, 9.17) is 4.84 Å². The molecule has 1 saturated heterocycles. The minimum atomic E-state index is 0. The van der Waals surface area contributed by atoms with Crippen LogP contribution in [0.25, 0.3) is 0 Å². The number of rotatable bonds is 5. The van der Waals surface area contributed by atoms with E-state index < -0.39 is 0 Å². The van der Waals surface area contributed by atoms with E-state index in [1.165, 1.54) is 5.56 Å². The fraction of sp³-hybridized carbons (Fsp3) is 0.467. The molecular formula is C15H27ClN2OSi. The van der Waals surface area contributed by atoms with E-state index in [2.05, 4.69) is 48.1 Å². The number of benzene rings is 1. The van der Waals surface area contributed by atoms with Gasteiger partial charge in [-0.3, -0.25) is 0 Å². The van der Waals surface area contributed by atoms with Crippen molar-refractivity contribution in [2.45, 2.75) is 25.9 Å². The molecule has 0 spiro atoms. The van der Waals surface area contributed by atoms with Crippen LogP contribution in [-0.2, 0) is 11.4 Å². The number of hydrogen-bond acceptors (Lipinski definition) is 3. The van der Waals surface area contributed by atoms with Crippen molar-refractivity contribution >= 4 is 23.4 Å². The number of hydrogen-bond donors (Lipinski definition) is 1. The average molecular weight is 315 g/mol. The quantitative estimate of drug-likeness (QED) is 0.834. The average Bonchev–Trinajstić information content (AvgIpc) is 2.46. The lowest BCUT2D eigenvalue weighted by molar-refractivity contribution is -0.0251. The van der Waals surface area contributed by atoms with Gasteiger partial charge in [-0.25, -0.2) is 5.48 Å². The summed E-state index contributed by atoms with van der Waals surface area (Å²) in [6, 6.07) is 11.0. The van der Waals surface area contributed by atoms with Crippen molar-refractivity contribution in [2.24, 2.45) is 5.92 Å².